The van der Waals surface area contributed by atoms with E-state index in [9.17, 15) is 14.4 Å². The molecule has 1 aromatic heterocycles. The Morgan fingerprint density at radius 2 is 1.83 bits per heavy atom. The number of para-hydroxylation sites is 1. The van der Waals surface area contributed by atoms with E-state index < -0.39 is 0 Å². The van der Waals surface area contributed by atoms with Crippen LogP contribution in [0, 0.1) is 6.92 Å². The Labute approximate surface area is 208 Å². The zero-order valence-electron chi connectivity index (χ0n) is 19.7. The minimum absolute atomic E-state index is 0.190. The number of rotatable bonds is 7. The molecule has 2 fully saturated rings. The highest BCUT2D eigenvalue weighted by molar-refractivity contribution is 7.22. The first-order chi connectivity index (χ1) is 17.0. The van der Waals surface area contributed by atoms with Gasteiger partial charge in [-0.2, -0.15) is 0 Å². The van der Waals surface area contributed by atoms with Gasteiger partial charge in [-0.25, -0.2) is 4.98 Å². The van der Waals surface area contributed by atoms with E-state index in [1.54, 1.807) is 29.2 Å². The molecular formula is C26H28N4O4S. The van der Waals surface area contributed by atoms with Gasteiger partial charge >= 0.3 is 0 Å². The zero-order valence-corrected chi connectivity index (χ0v) is 20.6. The largest absolute Gasteiger partial charge is 0.379 e. The maximum absolute atomic E-state index is 13.8. The molecule has 0 unspecified atom stereocenters. The van der Waals surface area contributed by atoms with Gasteiger partial charge in [-0.05, 0) is 43.2 Å². The number of fused-ring (bicyclic) bond motifs is 1. The number of ether oxygens (including phenoxy) is 1. The molecule has 0 N–H and O–H groups in total. The number of aromatic nitrogens is 1. The zero-order chi connectivity index (χ0) is 24.4. The number of hydrogen-bond donors (Lipinski definition) is 0. The second-order valence-electron chi connectivity index (χ2n) is 8.86. The summed E-state index contributed by atoms with van der Waals surface area (Å²) in [7, 11) is 0. The topological polar surface area (TPSA) is 83.0 Å². The molecule has 2 aliphatic rings. The van der Waals surface area contributed by atoms with Crippen LogP contribution in [0.15, 0.2) is 42.5 Å². The summed E-state index contributed by atoms with van der Waals surface area (Å²) in [4.78, 5) is 48.3. The smallest absolute Gasteiger partial charge is 0.260 e. The van der Waals surface area contributed by atoms with E-state index in [-0.39, 0.29) is 30.6 Å². The minimum Gasteiger partial charge on any atom is -0.379 e. The third kappa shape index (κ3) is 4.98. The number of thiazole rings is 1. The lowest BCUT2D eigenvalue weighted by atomic mass is 10.1. The van der Waals surface area contributed by atoms with Gasteiger partial charge in [0.2, 0.25) is 11.8 Å². The van der Waals surface area contributed by atoms with E-state index in [1.807, 2.05) is 25.1 Å². The molecular weight excluding hydrogens is 464 g/mol. The SMILES string of the molecule is Cc1cccc2sc(N(CCCN3CCOCC3)C(=O)c3cccc(N4C(=O)CCC4=O)c3)nc12. The fraction of sp³-hybridized carbons (Fsp3) is 0.385. The first-order valence-electron chi connectivity index (χ1n) is 12.0. The Balaban J connectivity index is 1.43. The highest BCUT2D eigenvalue weighted by atomic mass is 32.1. The maximum atomic E-state index is 13.8. The molecule has 2 saturated heterocycles. The minimum atomic E-state index is -0.233. The van der Waals surface area contributed by atoms with Crippen molar-refractivity contribution in [1.29, 1.82) is 0 Å². The van der Waals surface area contributed by atoms with Crippen LogP contribution in [0.1, 0.15) is 35.2 Å². The molecule has 5 rings (SSSR count). The molecule has 0 spiro atoms. The van der Waals surface area contributed by atoms with Crippen molar-refractivity contribution in [2.24, 2.45) is 0 Å². The van der Waals surface area contributed by atoms with Gasteiger partial charge < -0.3 is 4.74 Å². The summed E-state index contributed by atoms with van der Waals surface area (Å²) in [5.41, 5.74) is 2.84. The molecule has 0 radical (unpaired) electrons. The number of carbonyl (C=O) groups excluding carboxylic acids is 3. The lowest BCUT2D eigenvalue weighted by Gasteiger charge is -2.28. The van der Waals surface area contributed by atoms with Crippen molar-refractivity contribution < 1.29 is 19.1 Å². The fourth-order valence-electron chi connectivity index (χ4n) is 4.55. The summed E-state index contributed by atoms with van der Waals surface area (Å²) in [5.74, 6) is -0.656. The number of aryl methyl sites for hydroxylation is 1. The standard InChI is InChI=1S/C26H28N4O4S/c1-18-5-2-8-21-24(18)27-26(35-21)29(12-4-11-28-13-15-34-16-14-28)25(33)19-6-3-7-20(17-19)30-22(31)9-10-23(30)32/h2-3,5-8,17H,4,9-16H2,1H3. The molecule has 182 valence electrons. The van der Waals surface area contributed by atoms with Crippen molar-refractivity contribution in [3.8, 4) is 0 Å². The average Bonchev–Trinajstić information content (AvgIpc) is 3.46. The van der Waals surface area contributed by atoms with Crippen LogP contribution in [0.25, 0.3) is 10.2 Å². The molecule has 8 nitrogen and oxygen atoms in total. The van der Waals surface area contributed by atoms with Crippen LogP contribution < -0.4 is 9.80 Å². The van der Waals surface area contributed by atoms with Crippen LogP contribution >= 0.6 is 11.3 Å². The summed E-state index contributed by atoms with van der Waals surface area (Å²) in [6.07, 6.45) is 1.20. The molecule has 2 aliphatic heterocycles. The van der Waals surface area contributed by atoms with Gasteiger partial charge in [0, 0.05) is 44.6 Å². The van der Waals surface area contributed by atoms with Gasteiger partial charge in [0.25, 0.3) is 5.91 Å². The Morgan fingerprint density at radius 1 is 1.09 bits per heavy atom. The summed E-state index contributed by atoms with van der Waals surface area (Å²) in [6, 6.07) is 12.8. The van der Waals surface area contributed by atoms with Gasteiger partial charge in [-0.1, -0.05) is 29.5 Å². The Hall–Kier alpha value is -3.14. The van der Waals surface area contributed by atoms with Crippen LogP contribution in [0.2, 0.25) is 0 Å². The number of morpholine rings is 1. The number of imide groups is 1. The molecule has 2 aromatic carbocycles. The third-order valence-electron chi connectivity index (χ3n) is 6.45. The molecule has 3 amide bonds. The highest BCUT2D eigenvalue weighted by Crippen LogP contribution is 2.32. The van der Waals surface area contributed by atoms with Crippen molar-refractivity contribution in [3.05, 3.63) is 53.6 Å². The van der Waals surface area contributed by atoms with Crippen LogP contribution in [0.5, 0.6) is 0 Å². The lowest BCUT2D eigenvalue weighted by molar-refractivity contribution is -0.121. The van der Waals surface area contributed by atoms with E-state index in [2.05, 4.69) is 4.90 Å². The van der Waals surface area contributed by atoms with Crippen LogP contribution in [-0.4, -0.2) is 67.0 Å². The van der Waals surface area contributed by atoms with Gasteiger partial charge in [0.1, 0.15) is 0 Å². The maximum Gasteiger partial charge on any atom is 0.260 e. The molecule has 3 aromatic rings. The van der Waals surface area contributed by atoms with Crippen LogP contribution in [-0.2, 0) is 14.3 Å². The summed E-state index contributed by atoms with van der Waals surface area (Å²) >= 11 is 1.50. The van der Waals surface area contributed by atoms with Crippen molar-refractivity contribution in [1.82, 2.24) is 9.88 Å². The Kier molecular flexibility index (Phi) is 6.90. The van der Waals surface area contributed by atoms with Gasteiger partial charge in [0.05, 0.1) is 29.1 Å². The summed E-state index contributed by atoms with van der Waals surface area (Å²) in [6.45, 7) is 6.67. The Morgan fingerprint density at radius 3 is 2.57 bits per heavy atom. The van der Waals surface area contributed by atoms with E-state index in [0.717, 1.165) is 55.0 Å². The molecule has 0 aliphatic carbocycles. The summed E-state index contributed by atoms with van der Waals surface area (Å²) in [5, 5.41) is 0.653. The van der Waals surface area contributed by atoms with Crippen molar-refractivity contribution >= 4 is 50.1 Å². The predicted octanol–water partition coefficient (Wildman–Crippen LogP) is 3.63. The van der Waals surface area contributed by atoms with E-state index in [4.69, 9.17) is 9.72 Å². The predicted molar refractivity (Wildman–Crippen MR) is 136 cm³/mol. The lowest BCUT2D eigenvalue weighted by Crippen LogP contribution is -2.39. The number of anilines is 2. The quantitative estimate of drug-likeness (QED) is 0.469. The number of nitrogens with zero attached hydrogens (tertiary/aromatic N) is 4. The first kappa shape index (κ1) is 23.6. The van der Waals surface area contributed by atoms with Gasteiger partial charge in [-0.3, -0.25) is 29.1 Å². The van der Waals surface area contributed by atoms with Crippen molar-refractivity contribution in [3.63, 3.8) is 0 Å². The number of carbonyl (C=O) groups is 3. The first-order valence-corrected chi connectivity index (χ1v) is 12.8. The highest BCUT2D eigenvalue weighted by Gasteiger charge is 2.31. The normalized spacial score (nSPS) is 16.9. The van der Waals surface area contributed by atoms with Crippen molar-refractivity contribution in [2.45, 2.75) is 26.2 Å². The molecule has 35 heavy (non-hydrogen) atoms. The Bertz CT molecular complexity index is 1250. The fourth-order valence-corrected chi connectivity index (χ4v) is 5.62. The van der Waals surface area contributed by atoms with E-state index in [0.29, 0.717) is 22.9 Å². The second kappa shape index (κ2) is 10.2. The number of amides is 3. The monoisotopic (exact) mass is 492 g/mol. The summed E-state index contributed by atoms with van der Waals surface area (Å²) < 4.78 is 6.47. The average molecular weight is 493 g/mol. The van der Waals surface area contributed by atoms with E-state index in [1.165, 1.54) is 16.2 Å². The van der Waals surface area contributed by atoms with Gasteiger partial charge in [-0.15, -0.1) is 0 Å². The molecule has 0 saturated carbocycles. The number of benzene rings is 2. The molecule has 0 bridgehead atoms. The third-order valence-corrected chi connectivity index (χ3v) is 7.49. The van der Waals surface area contributed by atoms with Gasteiger partial charge in [0.15, 0.2) is 5.13 Å². The molecule has 9 heteroatoms. The second-order valence-corrected chi connectivity index (χ2v) is 9.86. The van der Waals surface area contributed by atoms with Crippen LogP contribution in [0.3, 0.4) is 0 Å². The van der Waals surface area contributed by atoms with Crippen molar-refractivity contribution in [2.75, 3.05) is 49.2 Å². The molecule has 3 heterocycles. The van der Waals surface area contributed by atoms with E-state index >= 15 is 0 Å². The molecule has 0 atom stereocenters. The number of hydrogen-bond acceptors (Lipinski definition) is 7. The van der Waals surface area contributed by atoms with Crippen LogP contribution in [0.4, 0.5) is 10.8 Å².